The molecule has 0 heterocycles. The molecule has 0 atom stereocenters. The van der Waals surface area contributed by atoms with Gasteiger partial charge in [0.1, 0.15) is 49.2 Å². The molecule has 6 heteroatoms. The predicted octanol–water partition coefficient (Wildman–Crippen LogP) is 9.91. The molecule has 0 unspecified atom stereocenters. The molecule has 0 radical (unpaired) electrons. The van der Waals surface area contributed by atoms with Crippen molar-refractivity contribution < 1.29 is 28.5 Å². The number of allylic oxidation sites excluding steroid dienone is 1. The van der Waals surface area contributed by atoms with Crippen LogP contribution >= 0.6 is 0 Å². The van der Waals surface area contributed by atoms with E-state index in [1.807, 2.05) is 140 Å². The Kier molecular flexibility index (Phi) is 11.6. The zero-order valence-corrected chi connectivity index (χ0v) is 27.9. The lowest BCUT2D eigenvalue weighted by molar-refractivity contribution is 0.103. The van der Waals surface area contributed by atoms with Crippen LogP contribution in [-0.2, 0) is 26.4 Å². The van der Waals surface area contributed by atoms with Crippen LogP contribution in [0.2, 0.25) is 0 Å². The van der Waals surface area contributed by atoms with Crippen LogP contribution in [0.5, 0.6) is 28.7 Å². The fraction of sp³-hybridized carbons (Fsp3) is 0.114. The molecular formula is C44H38O6. The van der Waals surface area contributed by atoms with Crippen molar-refractivity contribution in [2.45, 2.75) is 26.4 Å². The zero-order chi connectivity index (χ0) is 34.4. The second-order valence-electron chi connectivity index (χ2n) is 11.5. The van der Waals surface area contributed by atoms with Gasteiger partial charge in [-0.3, -0.25) is 4.79 Å². The van der Waals surface area contributed by atoms with Crippen LogP contribution in [0.15, 0.2) is 158 Å². The molecule has 6 aromatic carbocycles. The Balaban J connectivity index is 1.31. The summed E-state index contributed by atoms with van der Waals surface area (Å²) in [5.41, 5.74) is 5.04. The molecule has 0 aliphatic carbocycles. The molecule has 50 heavy (non-hydrogen) atoms. The van der Waals surface area contributed by atoms with Crippen LogP contribution in [0.25, 0.3) is 6.08 Å². The Morgan fingerprint density at radius 3 is 1.34 bits per heavy atom. The molecule has 6 rings (SSSR count). The number of ketones is 1. The van der Waals surface area contributed by atoms with E-state index in [1.54, 1.807) is 25.3 Å². The van der Waals surface area contributed by atoms with Gasteiger partial charge in [0.25, 0.3) is 0 Å². The van der Waals surface area contributed by atoms with Crippen molar-refractivity contribution >= 4 is 11.9 Å². The molecule has 0 bridgehead atoms. The van der Waals surface area contributed by atoms with Crippen LogP contribution in [0.4, 0.5) is 0 Å². The first-order chi connectivity index (χ1) is 24.6. The molecule has 0 saturated carbocycles. The highest BCUT2D eigenvalue weighted by molar-refractivity contribution is 6.10. The minimum Gasteiger partial charge on any atom is -0.493 e. The third kappa shape index (κ3) is 9.42. The molecule has 250 valence electrons. The number of hydrogen-bond donors (Lipinski definition) is 0. The molecule has 0 fully saturated rings. The first-order valence-electron chi connectivity index (χ1n) is 16.4. The summed E-state index contributed by atoms with van der Waals surface area (Å²) in [6.07, 6.45) is 3.27. The van der Waals surface area contributed by atoms with Crippen molar-refractivity contribution in [2.24, 2.45) is 0 Å². The van der Waals surface area contributed by atoms with Gasteiger partial charge in [0.05, 0.1) is 7.11 Å². The van der Waals surface area contributed by atoms with E-state index in [0.29, 0.717) is 47.5 Å². The van der Waals surface area contributed by atoms with Crippen LogP contribution in [-0.4, -0.2) is 12.9 Å². The van der Waals surface area contributed by atoms with Gasteiger partial charge >= 0.3 is 0 Å². The minimum absolute atomic E-state index is 0.256. The van der Waals surface area contributed by atoms with Gasteiger partial charge in [0.2, 0.25) is 0 Å². The normalized spacial score (nSPS) is 10.8. The summed E-state index contributed by atoms with van der Waals surface area (Å²) in [6.45, 7) is 1.24. The van der Waals surface area contributed by atoms with Gasteiger partial charge in [-0.05, 0) is 46.0 Å². The van der Waals surface area contributed by atoms with Gasteiger partial charge in [0.15, 0.2) is 17.3 Å². The van der Waals surface area contributed by atoms with Crippen molar-refractivity contribution in [3.05, 3.63) is 191 Å². The molecule has 0 saturated heterocycles. The first kappa shape index (κ1) is 33.6. The van der Waals surface area contributed by atoms with Crippen molar-refractivity contribution in [2.75, 3.05) is 7.11 Å². The van der Waals surface area contributed by atoms with Crippen LogP contribution in [0, 0.1) is 0 Å². The lowest BCUT2D eigenvalue weighted by Crippen LogP contribution is -2.08. The van der Waals surface area contributed by atoms with Crippen LogP contribution in [0.1, 0.15) is 38.2 Å². The number of methoxy groups -OCH3 is 1. The SMILES string of the molecule is COc1ccc(/C=C/C(=O)c2c(OCc3ccccc3)cc(OCc3ccccc3)cc2OCc2ccccc2)cc1OCc1ccccc1. The molecule has 0 aromatic heterocycles. The second kappa shape index (κ2) is 17.2. The molecule has 0 amide bonds. The van der Waals surface area contributed by atoms with Crippen LogP contribution in [0.3, 0.4) is 0 Å². The van der Waals surface area contributed by atoms with Gasteiger partial charge in [0, 0.05) is 12.1 Å². The lowest BCUT2D eigenvalue weighted by Gasteiger charge is -2.18. The molecule has 0 N–H and O–H groups in total. The van der Waals surface area contributed by atoms with E-state index in [2.05, 4.69) is 0 Å². The van der Waals surface area contributed by atoms with Crippen LogP contribution < -0.4 is 23.7 Å². The molecular weight excluding hydrogens is 624 g/mol. The fourth-order valence-corrected chi connectivity index (χ4v) is 5.23. The number of benzene rings is 6. The van der Waals surface area contributed by atoms with Gasteiger partial charge in [-0.2, -0.15) is 0 Å². The lowest BCUT2D eigenvalue weighted by atomic mass is 10.1. The van der Waals surface area contributed by atoms with Crippen molar-refractivity contribution in [1.29, 1.82) is 0 Å². The third-order valence-electron chi connectivity index (χ3n) is 7.86. The Morgan fingerprint density at radius 2 is 0.900 bits per heavy atom. The zero-order valence-electron chi connectivity index (χ0n) is 27.9. The van der Waals surface area contributed by atoms with E-state index in [9.17, 15) is 4.79 Å². The molecule has 0 spiro atoms. The van der Waals surface area contributed by atoms with Gasteiger partial charge in [-0.25, -0.2) is 0 Å². The molecule has 6 aromatic rings. The number of rotatable bonds is 16. The summed E-state index contributed by atoms with van der Waals surface area (Å²) < 4.78 is 30.6. The van der Waals surface area contributed by atoms with E-state index in [-0.39, 0.29) is 19.0 Å². The monoisotopic (exact) mass is 662 g/mol. The maximum absolute atomic E-state index is 14.1. The highest BCUT2D eigenvalue weighted by Crippen LogP contribution is 2.37. The summed E-state index contributed by atoms with van der Waals surface area (Å²) in [5, 5.41) is 0. The molecule has 0 aliphatic rings. The summed E-state index contributed by atoms with van der Waals surface area (Å²) in [7, 11) is 1.60. The Hall–Kier alpha value is -6.27. The summed E-state index contributed by atoms with van der Waals surface area (Å²) in [4.78, 5) is 14.1. The maximum atomic E-state index is 14.1. The topological polar surface area (TPSA) is 63.2 Å². The average Bonchev–Trinajstić information content (AvgIpc) is 3.18. The smallest absolute Gasteiger partial charge is 0.193 e. The van der Waals surface area contributed by atoms with E-state index in [0.717, 1.165) is 27.8 Å². The molecule has 6 nitrogen and oxygen atoms in total. The Labute approximate surface area is 293 Å². The quantitative estimate of drug-likeness (QED) is 0.0760. The van der Waals surface area contributed by atoms with E-state index in [1.165, 1.54) is 6.08 Å². The maximum Gasteiger partial charge on any atom is 0.193 e. The van der Waals surface area contributed by atoms with Gasteiger partial charge in [-0.1, -0.05) is 133 Å². The van der Waals surface area contributed by atoms with E-state index in [4.69, 9.17) is 23.7 Å². The summed E-state index contributed by atoms with van der Waals surface area (Å²) in [6, 6.07) is 48.5. The number of carbonyl (C=O) groups excluding carboxylic acids is 1. The largest absolute Gasteiger partial charge is 0.493 e. The highest BCUT2D eigenvalue weighted by Gasteiger charge is 2.21. The predicted molar refractivity (Wildman–Crippen MR) is 196 cm³/mol. The minimum atomic E-state index is -0.284. The number of ether oxygens (including phenoxy) is 5. The van der Waals surface area contributed by atoms with Crippen molar-refractivity contribution in [3.63, 3.8) is 0 Å². The number of carbonyl (C=O) groups is 1. The second-order valence-corrected chi connectivity index (χ2v) is 11.5. The average molecular weight is 663 g/mol. The molecule has 0 aliphatic heterocycles. The van der Waals surface area contributed by atoms with E-state index >= 15 is 0 Å². The third-order valence-corrected chi connectivity index (χ3v) is 7.86. The summed E-state index contributed by atoms with van der Waals surface area (Å²) >= 11 is 0. The highest BCUT2D eigenvalue weighted by atomic mass is 16.5. The Bertz CT molecular complexity index is 1930. The Morgan fingerprint density at radius 1 is 0.480 bits per heavy atom. The van der Waals surface area contributed by atoms with Crippen molar-refractivity contribution in [1.82, 2.24) is 0 Å². The first-order valence-corrected chi connectivity index (χ1v) is 16.4. The number of hydrogen-bond acceptors (Lipinski definition) is 6. The van der Waals surface area contributed by atoms with Crippen molar-refractivity contribution in [3.8, 4) is 28.7 Å². The van der Waals surface area contributed by atoms with E-state index < -0.39 is 0 Å². The standard InChI is InChI=1S/C44H38O6/c1-46-40-25-23-33(26-41(40)48-30-35-16-8-3-9-17-35)22-24-39(45)44-42(49-31-36-18-10-4-11-19-36)27-38(47-29-34-14-6-2-7-15-34)28-43(44)50-32-37-20-12-5-13-21-37/h2-28H,29-32H2,1H3/b24-22+. The fourth-order valence-electron chi connectivity index (χ4n) is 5.23. The van der Waals surface area contributed by atoms with Gasteiger partial charge in [-0.15, -0.1) is 0 Å². The van der Waals surface area contributed by atoms with Gasteiger partial charge < -0.3 is 23.7 Å². The summed E-state index contributed by atoms with van der Waals surface area (Å²) in [5.74, 6) is 2.13.